The Morgan fingerprint density at radius 1 is 1.23 bits per heavy atom. The molecule has 26 heavy (non-hydrogen) atoms. The summed E-state index contributed by atoms with van der Waals surface area (Å²) in [5.41, 5.74) is 6.46. The molecule has 0 aliphatic heterocycles. The van der Waals surface area contributed by atoms with Gasteiger partial charge in [-0.3, -0.25) is 9.38 Å². The van der Waals surface area contributed by atoms with Gasteiger partial charge in [-0.1, -0.05) is 11.2 Å². The number of oxime groups is 1. The van der Waals surface area contributed by atoms with Gasteiger partial charge in [-0.05, 0) is 42.7 Å². The van der Waals surface area contributed by atoms with Gasteiger partial charge < -0.3 is 15.5 Å². The predicted octanol–water partition coefficient (Wildman–Crippen LogP) is 3.59. The summed E-state index contributed by atoms with van der Waals surface area (Å²) < 4.78 is 1.98. The molecule has 1 aliphatic rings. The molecular weight excluding hydrogens is 328 g/mol. The number of aromatic amines is 1. The van der Waals surface area contributed by atoms with Crippen LogP contribution in [0.2, 0.25) is 0 Å². The first kappa shape index (κ1) is 14.7. The lowest BCUT2D eigenvalue weighted by Gasteiger charge is -2.10. The van der Waals surface area contributed by atoms with E-state index in [-0.39, 0.29) is 0 Å². The van der Waals surface area contributed by atoms with Gasteiger partial charge in [-0.25, -0.2) is 4.98 Å². The van der Waals surface area contributed by atoms with Crippen molar-refractivity contribution in [2.24, 2.45) is 5.16 Å². The molecule has 0 radical (unpaired) electrons. The minimum absolute atomic E-state index is 0.750. The van der Waals surface area contributed by atoms with Crippen LogP contribution in [0, 0.1) is 0 Å². The summed E-state index contributed by atoms with van der Waals surface area (Å²) >= 11 is 0. The number of H-pyrrole nitrogens is 1. The third kappa shape index (κ3) is 2.25. The fourth-order valence-corrected chi connectivity index (χ4v) is 3.48. The van der Waals surface area contributed by atoms with E-state index in [9.17, 15) is 0 Å². The number of benzene rings is 1. The Labute approximate surface area is 149 Å². The summed E-state index contributed by atoms with van der Waals surface area (Å²) in [6, 6.07) is 10.0. The van der Waals surface area contributed by atoms with E-state index in [1.165, 1.54) is 5.56 Å². The van der Waals surface area contributed by atoms with Crippen LogP contribution in [-0.4, -0.2) is 30.3 Å². The monoisotopic (exact) mass is 344 g/mol. The van der Waals surface area contributed by atoms with E-state index in [0.717, 1.165) is 52.7 Å². The van der Waals surface area contributed by atoms with Crippen LogP contribution in [0.25, 0.3) is 17.0 Å². The molecule has 128 valence electrons. The van der Waals surface area contributed by atoms with Crippen molar-refractivity contribution in [1.29, 1.82) is 0 Å². The van der Waals surface area contributed by atoms with Crippen molar-refractivity contribution in [3.63, 3.8) is 0 Å². The molecule has 0 unspecified atom stereocenters. The molecule has 1 aliphatic carbocycles. The Morgan fingerprint density at radius 3 is 3.04 bits per heavy atom. The molecule has 7 nitrogen and oxygen atoms in total. The Balaban J connectivity index is 1.61. The van der Waals surface area contributed by atoms with Crippen LogP contribution in [0.4, 0.5) is 11.5 Å². The van der Waals surface area contributed by atoms with Crippen LogP contribution in [-0.2, 0) is 6.42 Å². The Hall–Kier alpha value is -3.61. The maximum Gasteiger partial charge on any atom is 0.157 e. The quantitative estimate of drug-likeness (QED) is 0.391. The lowest BCUT2D eigenvalue weighted by Crippen LogP contribution is -1.99. The molecule has 3 heterocycles. The summed E-state index contributed by atoms with van der Waals surface area (Å²) in [5.74, 6) is 0.874. The Morgan fingerprint density at radius 2 is 2.19 bits per heavy atom. The second kappa shape index (κ2) is 5.73. The summed E-state index contributed by atoms with van der Waals surface area (Å²) in [4.78, 5) is 12.1. The average molecular weight is 344 g/mol. The zero-order valence-corrected chi connectivity index (χ0v) is 13.8. The van der Waals surface area contributed by atoms with Crippen molar-refractivity contribution in [3.05, 3.63) is 66.2 Å². The van der Waals surface area contributed by atoms with E-state index in [1.54, 1.807) is 12.4 Å². The minimum Gasteiger partial charge on any atom is -0.411 e. The highest BCUT2D eigenvalue weighted by atomic mass is 16.4. The predicted molar refractivity (Wildman–Crippen MR) is 99.1 cm³/mol. The third-order valence-corrected chi connectivity index (χ3v) is 4.71. The molecule has 1 aromatic carbocycles. The Bertz CT molecular complexity index is 1130. The number of hydrogen-bond acceptors (Lipinski definition) is 5. The van der Waals surface area contributed by atoms with Crippen LogP contribution in [0.5, 0.6) is 0 Å². The number of rotatable bonds is 3. The van der Waals surface area contributed by atoms with Crippen LogP contribution in [0.1, 0.15) is 17.5 Å². The molecule has 5 rings (SSSR count). The number of nitrogens with zero attached hydrogens (tertiary/aromatic N) is 4. The lowest BCUT2D eigenvalue weighted by molar-refractivity contribution is 0.318. The van der Waals surface area contributed by atoms with Gasteiger partial charge in [0.15, 0.2) is 5.65 Å². The number of hydrogen-bond donors (Lipinski definition) is 3. The number of fused-ring (bicyclic) bond motifs is 2. The van der Waals surface area contributed by atoms with Gasteiger partial charge in [0.2, 0.25) is 0 Å². The van der Waals surface area contributed by atoms with E-state index < -0.39 is 0 Å². The second-order valence-corrected chi connectivity index (χ2v) is 6.24. The second-order valence-electron chi connectivity index (χ2n) is 6.24. The molecular formula is C19H16N6O. The van der Waals surface area contributed by atoms with Gasteiger partial charge in [0, 0.05) is 29.8 Å². The van der Waals surface area contributed by atoms with Gasteiger partial charge in [-0.2, -0.15) is 0 Å². The summed E-state index contributed by atoms with van der Waals surface area (Å²) in [5, 5.41) is 16.0. The molecule has 0 saturated heterocycles. The zero-order chi connectivity index (χ0) is 17.5. The molecule has 0 amide bonds. The lowest BCUT2D eigenvalue weighted by atomic mass is 10.1. The topological polar surface area (TPSA) is 90.6 Å². The molecule has 0 spiro atoms. The summed E-state index contributed by atoms with van der Waals surface area (Å²) in [6.45, 7) is 0. The van der Waals surface area contributed by atoms with Crippen LogP contribution >= 0.6 is 0 Å². The maximum atomic E-state index is 9.10. The number of aromatic nitrogens is 4. The van der Waals surface area contributed by atoms with Crippen molar-refractivity contribution in [2.45, 2.75) is 12.8 Å². The van der Waals surface area contributed by atoms with Crippen LogP contribution < -0.4 is 5.32 Å². The van der Waals surface area contributed by atoms with E-state index in [2.05, 4.69) is 26.5 Å². The fourth-order valence-electron chi connectivity index (χ4n) is 3.48. The highest BCUT2D eigenvalue weighted by Crippen LogP contribution is 2.32. The number of aryl methyl sites for hydroxylation is 1. The van der Waals surface area contributed by atoms with Crippen LogP contribution in [0.15, 0.2) is 60.3 Å². The van der Waals surface area contributed by atoms with Gasteiger partial charge in [-0.15, -0.1) is 0 Å². The highest BCUT2D eigenvalue weighted by molar-refractivity contribution is 6.04. The first-order chi connectivity index (χ1) is 12.8. The van der Waals surface area contributed by atoms with E-state index in [4.69, 9.17) is 10.2 Å². The molecule has 4 aromatic rings. The average Bonchev–Trinajstić information content (AvgIpc) is 3.40. The van der Waals surface area contributed by atoms with Gasteiger partial charge in [0.25, 0.3) is 0 Å². The SMILES string of the molecule is O/N=C1\CCc2cc(Nc3c(-c4ccc[nH]4)nc4cnccn34)ccc21. The van der Waals surface area contributed by atoms with Crippen molar-refractivity contribution >= 4 is 22.9 Å². The van der Waals surface area contributed by atoms with Crippen molar-refractivity contribution < 1.29 is 5.21 Å². The third-order valence-electron chi connectivity index (χ3n) is 4.71. The molecule has 3 N–H and O–H groups in total. The number of anilines is 2. The highest BCUT2D eigenvalue weighted by Gasteiger charge is 2.20. The largest absolute Gasteiger partial charge is 0.411 e. The molecule has 3 aromatic heterocycles. The normalized spacial score (nSPS) is 14.8. The first-order valence-corrected chi connectivity index (χ1v) is 8.40. The van der Waals surface area contributed by atoms with Gasteiger partial charge in [0.05, 0.1) is 17.6 Å². The summed E-state index contributed by atoms with van der Waals surface area (Å²) in [6.07, 6.45) is 8.90. The molecule has 0 atom stereocenters. The standard InChI is InChI=1S/C19H16N6O/c26-24-15-6-3-12-10-13(4-5-14(12)15)22-19-18(16-2-1-7-21-16)23-17-11-20-8-9-25(17)19/h1-2,4-5,7-11,21-22,26H,3,6H2/b24-15+. The zero-order valence-electron chi connectivity index (χ0n) is 13.8. The van der Waals surface area contributed by atoms with E-state index in [1.807, 2.05) is 41.1 Å². The fraction of sp³-hybridized carbons (Fsp3) is 0.105. The van der Waals surface area contributed by atoms with E-state index in [0.29, 0.717) is 0 Å². The molecule has 0 saturated carbocycles. The smallest absolute Gasteiger partial charge is 0.157 e. The van der Waals surface area contributed by atoms with Gasteiger partial charge >= 0.3 is 0 Å². The molecule has 0 fully saturated rings. The Kier molecular flexibility index (Phi) is 3.24. The number of imidazole rings is 1. The summed E-state index contributed by atoms with van der Waals surface area (Å²) in [7, 11) is 0. The van der Waals surface area contributed by atoms with Crippen LogP contribution in [0.3, 0.4) is 0 Å². The maximum absolute atomic E-state index is 9.10. The molecule has 7 heteroatoms. The van der Waals surface area contributed by atoms with Crippen molar-refractivity contribution in [1.82, 2.24) is 19.4 Å². The van der Waals surface area contributed by atoms with Crippen molar-refractivity contribution in [2.75, 3.05) is 5.32 Å². The molecule has 0 bridgehead atoms. The number of nitrogens with one attached hydrogen (secondary N) is 2. The van der Waals surface area contributed by atoms with E-state index >= 15 is 0 Å². The van der Waals surface area contributed by atoms with Crippen molar-refractivity contribution in [3.8, 4) is 11.4 Å². The van der Waals surface area contributed by atoms with Gasteiger partial charge in [0.1, 0.15) is 11.5 Å². The minimum atomic E-state index is 0.750. The first-order valence-electron chi connectivity index (χ1n) is 8.40.